The minimum absolute atomic E-state index is 0.0909. The number of nitrogens with one attached hydrogen (secondary N) is 1. The van der Waals surface area contributed by atoms with Crippen LogP contribution in [0.3, 0.4) is 0 Å². The van der Waals surface area contributed by atoms with Gasteiger partial charge in [-0.15, -0.1) is 0 Å². The van der Waals surface area contributed by atoms with Crippen LogP contribution in [0.2, 0.25) is 0 Å². The van der Waals surface area contributed by atoms with E-state index in [9.17, 15) is 14.3 Å². The number of fused-ring (bicyclic) bond motifs is 2. The molecule has 4 N–H and O–H groups in total. The first kappa shape index (κ1) is 30.2. The molecule has 1 aromatic carbocycles. The molecule has 0 saturated carbocycles. The fourth-order valence-electron chi connectivity index (χ4n) is 5.66. The average Bonchev–Trinajstić information content (AvgIpc) is 3.38. The van der Waals surface area contributed by atoms with E-state index in [1.807, 2.05) is 13.0 Å². The van der Waals surface area contributed by atoms with Crippen LogP contribution in [-0.4, -0.2) is 102 Å². The number of halogens is 1. The Bertz CT molecular complexity index is 1180. The zero-order valence-corrected chi connectivity index (χ0v) is 22.7. The number of hydrogen-bond acceptors (Lipinski definition) is 9. The maximum absolute atomic E-state index is 13.9. The third kappa shape index (κ3) is 7.52. The molecule has 2 amide bonds. The highest BCUT2D eigenvalue weighted by atomic mass is 19.1. The van der Waals surface area contributed by atoms with Crippen LogP contribution in [0.4, 0.5) is 9.18 Å². The molecular weight excluding hydrogens is 539 g/mol. The van der Waals surface area contributed by atoms with E-state index in [1.165, 1.54) is 11.1 Å². The lowest BCUT2D eigenvalue weighted by Gasteiger charge is -2.40. The molecule has 3 aliphatic heterocycles. The second kappa shape index (κ2) is 13.8. The Morgan fingerprint density at radius 2 is 1.80 bits per heavy atom. The Morgan fingerprint density at radius 1 is 1.12 bits per heavy atom. The maximum atomic E-state index is 13.9. The van der Waals surface area contributed by atoms with Gasteiger partial charge in [0, 0.05) is 43.1 Å². The SMILES string of the molecule is CCN1C(=O)N(C[C@H](O)CN2C3CCC2CC(OCc2ccccc2F)C3)NC1c1cnccn1.O=C(O)C(=O)O. The van der Waals surface area contributed by atoms with Gasteiger partial charge in [-0.2, -0.15) is 0 Å². The number of nitrogens with zero attached hydrogens (tertiary/aromatic N) is 5. The zero-order valence-electron chi connectivity index (χ0n) is 22.7. The number of rotatable bonds is 9. The number of piperidine rings is 1. The van der Waals surface area contributed by atoms with Gasteiger partial charge in [-0.25, -0.2) is 24.2 Å². The van der Waals surface area contributed by atoms with Crippen LogP contribution in [0.25, 0.3) is 0 Å². The Hall–Kier alpha value is -3.72. The number of aromatic nitrogens is 2. The number of hydrazine groups is 1. The first-order chi connectivity index (χ1) is 19.7. The molecule has 4 heterocycles. The van der Waals surface area contributed by atoms with E-state index in [2.05, 4.69) is 20.3 Å². The lowest BCUT2D eigenvalue weighted by atomic mass is 9.99. The van der Waals surface area contributed by atoms with Gasteiger partial charge in [0.15, 0.2) is 0 Å². The number of carboxylic acid groups (broad SMARTS) is 2. The van der Waals surface area contributed by atoms with Crippen LogP contribution in [-0.2, 0) is 20.9 Å². The lowest BCUT2D eigenvalue weighted by molar-refractivity contribution is -0.159. The van der Waals surface area contributed by atoms with Crippen molar-refractivity contribution in [2.75, 3.05) is 19.6 Å². The van der Waals surface area contributed by atoms with Crippen molar-refractivity contribution in [2.45, 2.75) is 69.7 Å². The average molecular weight is 575 g/mol. The fraction of sp³-hybridized carbons (Fsp3) is 0.519. The standard InChI is InChI=1S/C25H33FN6O3.C2H2O4/c1-2-30-24(23-13-27-9-10-28-23)29-32(25(30)34)15-20(33)14-31-18-7-8-19(31)12-21(11-18)35-16-17-5-3-4-6-22(17)26;3-1(4)2(5)6/h3-6,9-10,13,18-21,24,29,33H,2,7-8,11-12,14-16H2,1H3;(H,3,4)(H,5,6)/t18?,19?,20-,21?,24?;/m1./s1. The largest absolute Gasteiger partial charge is 0.473 e. The summed E-state index contributed by atoms with van der Waals surface area (Å²) in [6, 6.07) is 7.21. The fourth-order valence-corrected chi connectivity index (χ4v) is 5.66. The summed E-state index contributed by atoms with van der Waals surface area (Å²) in [5, 5.41) is 27.2. The Balaban J connectivity index is 0.000000585. The van der Waals surface area contributed by atoms with Gasteiger partial charge in [0.2, 0.25) is 0 Å². The van der Waals surface area contributed by atoms with E-state index in [0.29, 0.717) is 36.4 Å². The number of aliphatic hydroxyl groups is 1. The van der Waals surface area contributed by atoms with Crippen molar-refractivity contribution < 1.29 is 38.8 Å². The topological polar surface area (TPSA) is 169 Å². The third-order valence-electron chi connectivity index (χ3n) is 7.54. The quantitative estimate of drug-likeness (QED) is 0.321. The highest BCUT2D eigenvalue weighted by Gasteiger charge is 2.43. The molecule has 5 rings (SSSR count). The summed E-state index contributed by atoms with van der Waals surface area (Å²) in [4.78, 5) is 43.6. The summed E-state index contributed by atoms with van der Waals surface area (Å²) in [5.74, 6) is -3.88. The predicted octanol–water partition coefficient (Wildman–Crippen LogP) is 1.61. The number of aliphatic carboxylic acids is 2. The molecule has 14 heteroatoms. The predicted molar refractivity (Wildman–Crippen MR) is 141 cm³/mol. The number of ether oxygens (including phenoxy) is 1. The Kier molecular flexibility index (Phi) is 10.2. The lowest BCUT2D eigenvalue weighted by Crippen LogP contribution is -2.51. The molecule has 0 spiro atoms. The number of carbonyl (C=O) groups excluding carboxylic acids is 1. The van der Waals surface area contributed by atoms with Crippen molar-refractivity contribution >= 4 is 18.0 Å². The van der Waals surface area contributed by atoms with E-state index in [0.717, 1.165) is 25.7 Å². The van der Waals surface area contributed by atoms with Crippen molar-refractivity contribution in [3.05, 3.63) is 59.9 Å². The van der Waals surface area contributed by atoms with Crippen LogP contribution >= 0.6 is 0 Å². The molecule has 1 aromatic heterocycles. The molecule has 0 radical (unpaired) electrons. The first-order valence-electron chi connectivity index (χ1n) is 13.5. The van der Waals surface area contributed by atoms with Crippen molar-refractivity contribution in [3.8, 4) is 0 Å². The van der Waals surface area contributed by atoms with Gasteiger partial charge in [0.25, 0.3) is 0 Å². The molecule has 3 aliphatic rings. The molecule has 222 valence electrons. The first-order valence-corrected chi connectivity index (χ1v) is 13.5. The molecule has 3 fully saturated rings. The number of urea groups is 1. The van der Waals surface area contributed by atoms with E-state index >= 15 is 0 Å². The van der Waals surface area contributed by atoms with Gasteiger partial charge < -0.3 is 25.0 Å². The molecule has 3 saturated heterocycles. The highest BCUT2D eigenvalue weighted by Crippen LogP contribution is 2.37. The number of hydrogen-bond donors (Lipinski definition) is 4. The molecule has 0 aliphatic carbocycles. The van der Waals surface area contributed by atoms with Gasteiger partial charge in [-0.05, 0) is 38.7 Å². The smallest absolute Gasteiger partial charge is 0.414 e. The second-order valence-electron chi connectivity index (χ2n) is 10.2. The van der Waals surface area contributed by atoms with E-state index in [1.54, 1.807) is 35.6 Å². The van der Waals surface area contributed by atoms with E-state index < -0.39 is 24.2 Å². The highest BCUT2D eigenvalue weighted by molar-refractivity contribution is 6.27. The van der Waals surface area contributed by atoms with Gasteiger partial charge in [-0.3, -0.25) is 19.9 Å². The third-order valence-corrected chi connectivity index (χ3v) is 7.54. The van der Waals surface area contributed by atoms with Crippen LogP contribution in [0.5, 0.6) is 0 Å². The second-order valence-corrected chi connectivity index (χ2v) is 10.2. The number of carboxylic acids is 2. The van der Waals surface area contributed by atoms with Crippen LogP contribution in [0.15, 0.2) is 42.9 Å². The monoisotopic (exact) mass is 574 g/mol. The zero-order chi connectivity index (χ0) is 29.5. The normalized spacial score (nSPS) is 24.6. The summed E-state index contributed by atoms with van der Waals surface area (Å²) >= 11 is 0. The van der Waals surface area contributed by atoms with Gasteiger partial charge >= 0.3 is 18.0 Å². The summed E-state index contributed by atoms with van der Waals surface area (Å²) in [6.45, 7) is 3.41. The number of benzene rings is 1. The Morgan fingerprint density at radius 3 is 2.39 bits per heavy atom. The minimum Gasteiger partial charge on any atom is -0.473 e. The van der Waals surface area contributed by atoms with Crippen molar-refractivity contribution in [1.29, 1.82) is 0 Å². The Labute approximate surface area is 236 Å². The van der Waals surface area contributed by atoms with Crippen LogP contribution < -0.4 is 5.43 Å². The molecule has 13 nitrogen and oxygen atoms in total. The van der Waals surface area contributed by atoms with Gasteiger partial charge in [0.1, 0.15) is 12.0 Å². The number of β-amino-alcohol motifs (C(OH)–C–C–N with tert-alkyl or cyclic N) is 1. The van der Waals surface area contributed by atoms with Crippen molar-refractivity contribution in [1.82, 2.24) is 30.2 Å². The van der Waals surface area contributed by atoms with Gasteiger partial charge in [0.05, 0.1) is 37.3 Å². The minimum atomic E-state index is -1.82. The molecule has 2 aromatic rings. The van der Waals surface area contributed by atoms with Gasteiger partial charge in [-0.1, -0.05) is 18.2 Å². The van der Waals surface area contributed by atoms with Crippen LogP contribution in [0.1, 0.15) is 50.0 Å². The maximum Gasteiger partial charge on any atom is 0.414 e. The van der Waals surface area contributed by atoms with Crippen molar-refractivity contribution in [3.63, 3.8) is 0 Å². The van der Waals surface area contributed by atoms with E-state index in [-0.39, 0.29) is 31.1 Å². The summed E-state index contributed by atoms with van der Waals surface area (Å²) < 4.78 is 20.0. The molecule has 4 atom stereocenters. The number of aliphatic hydroxyl groups excluding tert-OH is 1. The van der Waals surface area contributed by atoms with E-state index in [4.69, 9.17) is 24.5 Å². The number of amides is 2. The van der Waals surface area contributed by atoms with Crippen molar-refractivity contribution in [2.24, 2.45) is 0 Å². The molecule has 3 unspecified atom stereocenters. The van der Waals surface area contributed by atoms with Crippen LogP contribution in [0, 0.1) is 5.82 Å². The number of carbonyl (C=O) groups is 3. The molecular formula is C27H35FN6O7. The summed E-state index contributed by atoms with van der Waals surface area (Å²) in [5.41, 5.74) is 4.43. The molecule has 2 bridgehead atoms. The molecule has 41 heavy (non-hydrogen) atoms. The summed E-state index contributed by atoms with van der Waals surface area (Å²) in [7, 11) is 0. The summed E-state index contributed by atoms with van der Waals surface area (Å²) in [6.07, 6.45) is 7.72.